The van der Waals surface area contributed by atoms with Crippen molar-refractivity contribution in [3.05, 3.63) is 11.1 Å². The van der Waals surface area contributed by atoms with Gasteiger partial charge < -0.3 is 4.74 Å². The summed E-state index contributed by atoms with van der Waals surface area (Å²) >= 11 is 3.25. The molecule has 0 aromatic carbocycles. The predicted octanol–water partition coefficient (Wildman–Crippen LogP) is 2.38. The van der Waals surface area contributed by atoms with Crippen molar-refractivity contribution < 1.29 is 9.53 Å². The Kier molecular flexibility index (Phi) is 2.37. The third-order valence-corrected chi connectivity index (χ3v) is 2.06. The SMILES string of the molecule is C=C(Br)CC1(C)CCC(=O)O1. The van der Waals surface area contributed by atoms with Gasteiger partial charge in [-0.25, -0.2) is 0 Å². The minimum absolute atomic E-state index is 0.0961. The first-order chi connectivity index (χ1) is 5.02. The fourth-order valence-electron chi connectivity index (χ4n) is 1.27. The average Bonchev–Trinajstić information content (AvgIpc) is 2.08. The highest BCUT2D eigenvalue weighted by Gasteiger charge is 2.35. The maximum Gasteiger partial charge on any atom is 0.306 e. The van der Waals surface area contributed by atoms with E-state index >= 15 is 0 Å². The van der Waals surface area contributed by atoms with Crippen LogP contribution >= 0.6 is 15.9 Å². The Hall–Kier alpha value is -0.310. The van der Waals surface area contributed by atoms with Crippen LogP contribution < -0.4 is 0 Å². The highest BCUT2D eigenvalue weighted by atomic mass is 79.9. The summed E-state index contributed by atoms with van der Waals surface area (Å²) in [6.45, 7) is 5.65. The maximum atomic E-state index is 10.8. The lowest BCUT2D eigenvalue weighted by atomic mass is 9.99. The maximum absolute atomic E-state index is 10.8. The molecule has 1 atom stereocenters. The summed E-state index contributed by atoms with van der Waals surface area (Å²) in [5.74, 6) is -0.0961. The fourth-order valence-corrected chi connectivity index (χ4v) is 1.87. The highest BCUT2D eigenvalue weighted by Crippen LogP contribution is 2.33. The van der Waals surface area contributed by atoms with Crippen LogP contribution in [0.1, 0.15) is 26.2 Å². The third kappa shape index (κ3) is 2.33. The molecule has 1 aliphatic rings. The van der Waals surface area contributed by atoms with Crippen LogP contribution in [-0.2, 0) is 9.53 Å². The molecule has 1 saturated heterocycles. The van der Waals surface area contributed by atoms with Crippen molar-refractivity contribution in [3.8, 4) is 0 Å². The Bertz CT molecular complexity index is 200. The van der Waals surface area contributed by atoms with Gasteiger partial charge in [0.25, 0.3) is 0 Å². The Labute approximate surface area is 74.7 Å². The van der Waals surface area contributed by atoms with Crippen LogP contribution in [0.15, 0.2) is 11.1 Å². The number of carbonyl (C=O) groups excluding carboxylic acids is 1. The van der Waals surface area contributed by atoms with E-state index in [1.54, 1.807) is 0 Å². The van der Waals surface area contributed by atoms with Crippen molar-refractivity contribution in [2.75, 3.05) is 0 Å². The number of cyclic esters (lactones) is 1. The normalized spacial score (nSPS) is 30.2. The summed E-state index contributed by atoms with van der Waals surface area (Å²) < 4.78 is 6.01. The molecular weight excluding hydrogens is 208 g/mol. The van der Waals surface area contributed by atoms with Crippen LogP contribution in [-0.4, -0.2) is 11.6 Å². The summed E-state index contributed by atoms with van der Waals surface area (Å²) in [6, 6.07) is 0. The van der Waals surface area contributed by atoms with Crippen LogP contribution in [0.3, 0.4) is 0 Å². The zero-order valence-corrected chi connectivity index (χ0v) is 8.11. The van der Waals surface area contributed by atoms with Gasteiger partial charge in [-0.3, -0.25) is 4.79 Å². The van der Waals surface area contributed by atoms with E-state index in [9.17, 15) is 4.79 Å². The monoisotopic (exact) mass is 218 g/mol. The standard InChI is InChI=1S/C8H11BrO2/c1-6(9)5-8(2)4-3-7(10)11-8/h1,3-5H2,2H3. The van der Waals surface area contributed by atoms with Crippen LogP contribution in [0, 0.1) is 0 Å². The summed E-state index contributed by atoms with van der Waals surface area (Å²) in [5, 5.41) is 0. The highest BCUT2D eigenvalue weighted by molar-refractivity contribution is 9.11. The molecule has 1 fully saturated rings. The van der Waals surface area contributed by atoms with Gasteiger partial charge in [0, 0.05) is 12.8 Å². The minimum Gasteiger partial charge on any atom is -0.459 e. The molecule has 0 aromatic heterocycles. The zero-order chi connectivity index (χ0) is 8.48. The average molecular weight is 219 g/mol. The van der Waals surface area contributed by atoms with Gasteiger partial charge in [-0.05, 0) is 17.8 Å². The van der Waals surface area contributed by atoms with Crippen molar-refractivity contribution in [2.45, 2.75) is 31.8 Å². The lowest BCUT2D eigenvalue weighted by Crippen LogP contribution is -2.23. The van der Waals surface area contributed by atoms with Crippen molar-refractivity contribution in [1.82, 2.24) is 0 Å². The largest absolute Gasteiger partial charge is 0.459 e. The first-order valence-corrected chi connectivity index (χ1v) is 4.36. The van der Waals surface area contributed by atoms with E-state index in [1.165, 1.54) is 0 Å². The molecule has 1 rings (SSSR count). The number of ether oxygens (including phenoxy) is 1. The lowest BCUT2D eigenvalue weighted by Gasteiger charge is -2.21. The van der Waals surface area contributed by atoms with Gasteiger partial charge in [0.15, 0.2) is 0 Å². The summed E-state index contributed by atoms with van der Waals surface area (Å²) in [6.07, 6.45) is 2.05. The van der Waals surface area contributed by atoms with Crippen LogP contribution in [0.4, 0.5) is 0 Å². The van der Waals surface area contributed by atoms with Gasteiger partial charge in [-0.15, -0.1) is 0 Å². The predicted molar refractivity (Wildman–Crippen MR) is 46.4 cm³/mol. The molecule has 3 heteroatoms. The Morgan fingerprint density at radius 2 is 2.55 bits per heavy atom. The molecule has 2 nitrogen and oxygen atoms in total. The van der Waals surface area contributed by atoms with Gasteiger partial charge in [-0.2, -0.15) is 0 Å². The van der Waals surface area contributed by atoms with Crippen molar-refractivity contribution in [2.24, 2.45) is 0 Å². The second-order valence-corrected chi connectivity index (χ2v) is 4.24. The number of hydrogen-bond donors (Lipinski definition) is 0. The zero-order valence-electron chi connectivity index (χ0n) is 6.52. The van der Waals surface area contributed by atoms with E-state index < -0.39 is 0 Å². The van der Waals surface area contributed by atoms with Crippen molar-refractivity contribution in [1.29, 1.82) is 0 Å². The summed E-state index contributed by atoms with van der Waals surface area (Å²) in [7, 11) is 0. The molecule has 1 unspecified atom stereocenters. The number of carbonyl (C=O) groups is 1. The van der Waals surface area contributed by atoms with Crippen LogP contribution in [0.5, 0.6) is 0 Å². The Morgan fingerprint density at radius 1 is 1.91 bits per heavy atom. The molecule has 0 N–H and O–H groups in total. The Balaban J connectivity index is 2.55. The topological polar surface area (TPSA) is 26.3 Å². The number of hydrogen-bond acceptors (Lipinski definition) is 2. The molecule has 0 radical (unpaired) electrons. The first-order valence-electron chi connectivity index (χ1n) is 3.57. The summed E-state index contributed by atoms with van der Waals surface area (Å²) in [5.41, 5.74) is -0.308. The van der Waals surface area contributed by atoms with Crippen LogP contribution in [0.25, 0.3) is 0 Å². The molecule has 0 aromatic rings. The van der Waals surface area contributed by atoms with E-state index in [-0.39, 0.29) is 11.6 Å². The molecule has 1 aliphatic heterocycles. The quantitative estimate of drug-likeness (QED) is 0.666. The van der Waals surface area contributed by atoms with Crippen molar-refractivity contribution in [3.63, 3.8) is 0 Å². The van der Waals surface area contributed by atoms with E-state index in [4.69, 9.17) is 4.74 Å². The molecule has 0 spiro atoms. The Morgan fingerprint density at radius 3 is 2.91 bits per heavy atom. The molecule has 62 valence electrons. The molecule has 11 heavy (non-hydrogen) atoms. The third-order valence-electron chi connectivity index (χ3n) is 1.78. The first kappa shape index (κ1) is 8.78. The fraction of sp³-hybridized carbons (Fsp3) is 0.625. The van der Waals surface area contributed by atoms with Gasteiger partial charge in [0.05, 0.1) is 0 Å². The smallest absolute Gasteiger partial charge is 0.306 e. The van der Waals surface area contributed by atoms with Gasteiger partial charge in [-0.1, -0.05) is 22.5 Å². The second kappa shape index (κ2) is 2.97. The van der Waals surface area contributed by atoms with E-state index in [0.717, 1.165) is 10.9 Å². The second-order valence-electron chi connectivity index (χ2n) is 3.12. The van der Waals surface area contributed by atoms with Crippen LogP contribution in [0.2, 0.25) is 0 Å². The van der Waals surface area contributed by atoms with E-state index in [1.807, 2.05) is 6.92 Å². The molecule has 0 bridgehead atoms. The molecule has 1 heterocycles. The lowest BCUT2D eigenvalue weighted by molar-refractivity contribution is -0.146. The van der Waals surface area contributed by atoms with Crippen molar-refractivity contribution >= 4 is 21.9 Å². The van der Waals surface area contributed by atoms with E-state index in [2.05, 4.69) is 22.5 Å². The summed E-state index contributed by atoms with van der Waals surface area (Å²) in [4.78, 5) is 10.8. The molecule has 0 amide bonds. The van der Waals surface area contributed by atoms with E-state index in [0.29, 0.717) is 12.8 Å². The van der Waals surface area contributed by atoms with Gasteiger partial charge in [0.1, 0.15) is 5.60 Å². The number of rotatable bonds is 2. The molecular formula is C8H11BrO2. The number of halogens is 1. The van der Waals surface area contributed by atoms with Gasteiger partial charge in [0.2, 0.25) is 0 Å². The van der Waals surface area contributed by atoms with Gasteiger partial charge >= 0.3 is 5.97 Å². The molecule has 0 aliphatic carbocycles. The number of esters is 1. The molecule has 0 saturated carbocycles. The minimum atomic E-state index is -0.308.